The van der Waals surface area contributed by atoms with E-state index in [0.717, 1.165) is 10.7 Å². The lowest BCUT2D eigenvalue weighted by Crippen LogP contribution is -2.11. The average molecular weight is 211 g/mol. The van der Waals surface area contributed by atoms with Gasteiger partial charge in [-0.15, -0.1) is 0 Å². The number of alkyl halides is 4. The minimum atomic E-state index is -4.51. The van der Waals surface area contributed by atoms with Crippen LogP contribution in [0.3, 0.4) is 0 Å². The lowest BCUT2D eigenvalue weighted by molar-refractivity contribution is -0.141. The molecule has 0 saturated heterocycles. The topological polar surface area (TPSA) is 43.8 Å². The van der Waals surface area contributed by atoms with Crippen LogP contribution in [0.2, 0.25) is 0 Å². The third-order valence-electron chi connectivity index (χ3n) is 1.66. The molecule has 0 amide bonds. The van der Waals surface area contributed by atoms with Gasteiger partial charge in [-0.3, -0.25) is 4.68 Å². The van der Waals surface area contributed by atoms with E-state index in [4.69, 9.17) is 5.73 Å². The highest BCUT2D eigenvalue weighted by Crippen LogP contribution is 2.28. The van der Waals surface area contributed by atoms with E-state index < -0.39 is 18.5 Å². The Morgan fingerprint density at radius 3 is 2.50 bits per heavy atom. The zero-order valence-corrected chi connectivity index (χ0v) is 7.18. The molecular formula is C7H9F4N3. The van der Waals surface area contributed by atoms with Crippen LogP contribution >= 0.6 is 0 Å². The van der Waals surface area contributed by atoms with Gasteiger partial charge in [0.05, 0.1) is 12.2 Å². The fraction of sp³-hybridized carbons (Fsp3) is 0.571. The second-order valence-corrected chi connectivity index (χ2v) is 2.63. The zero-order chi connectivity index (χ0) is 10.8. The van der Waals surface area contributed by atoms with E-state index >= 15 is 0 Å². The predicted molar refractivity (Wildman–Crippen MR) is 41.1 cm³/mol. The molecule has 0 aliphatic rings. The van der Waals surface area contributed by atoms with E-state index in [0.29, 0.717) is 0 Å². The molecule has 0 aliphatic carbocycles. The summed E-state index contributed by atoms with van der Waals surface area (Å²) >= 11 is 0. The molecule has 0 spiro atoms. The van der Waals surface area contributed by atoms with Crippen molar-refractivity contribution in [3.63, 3.8) is 0 Å². The summed E-state index contributed by atoms with van der Waals surface area (Å²) in [7, 11) is 0. The molecule has 0 radical (unpaired) electrons. The van der Waals surface area contributed by atoms with Crippen LogP contribution in [0.1, 0.15) is 11.4 Å². The molecule has 1 aromatic heterocycles. The molecule has 0 fully saturated rings. The van der Waals surface area contributed by atoms with Gasteiger partial charge in [0, 0.05) is 6.54 Å². The van der Waals surface area contributed by atoms with E-state index in [-0.39, 0.29) is 18.8 Å². The standard InChI is InChI=1S/C7H9F4N3/c8-1-2-14-5(4-12)3-6(13-14)7(9,10)11/h3H,1-2,4,12H2. The molecule has 7 heteroatoms. The second-order valence-electron chi connectivity index (χ2n) is 2.63. The number of nitrogens with two attached hydrogens (primary N) is 1. The highest BCUT2D eigenvalue weighted by Gasteiger charge is 2.34. The van der Waals surface area contributed by atoms with Gasteiger partial charge in [0.2, 0.25) is 0 Å². The van der Waals surface area contributed by atoms with Crippen LogP contribution in [0.25, 0.3) is 0 Å². The van der Waals surface area contributed by atoms with Crippen LogP contribution in [-0.2, 0) is 19.3 Å². The van der Waals surface area contributed by atoms with Crippen LogP contribution in [0.15, 0.2) is 6.07 Å². The Kier molecular flexibility index (Phi) is 3.10. The maximum atomic E-state index is 12.1. The molecule has 0 aliphatic heterocycles. The summed E-state index contributed by atoms with van der Waals surface area (Å²) in [6.07, 6.45) is -4.51. The van der Waals surface area contributed by atoms with Gasteiger partial charge in [-0.2, -0.15) is 18.3 Å². The quantitative estimate of drug-likeness (QED) is 0.766. The Balaban J connectivity index is 3.00. The molecule has 14 heavy (non-hydrogen) atoms. The lowest BCUT2D eigenvalue weighted by atomic mass is 10.3. The van der Waals surface area contributed by atoms with E-state index in [2.05, 4.69) is 5.10 Å². The molecule has 1 rings (SSSR count). The minimum absolute atomic E-state index is 0.0942. The van der Waals surface area contributed by atoms with Crippen molar-refractivity contribution in [1.82, 2.24) is 9.78 Å². The maximum Gasteiger partial charge on any atom is 0.435 e. The predicted octanol–water partition coefficient (Wildman–Crippen LogP) is 1.33. The monoisotopic (exact) mass is 211 g/mol. The Labute approximate surface area is 77.5 Å². The van der Waals surface area contributed by atoms with Gasteiger partial charge in [-0.05, 0) is 6.07 Å². The van der Waals surface area contributed by atoms with Crippen LogP contribution in [0.4, 0.5) is 17.6 Å². The molecule has 2 N–H and O–H groups in total. The molecule has 0 aromatic carbocycles. The van der Waals surface area contributed by atoms with Gasteiger partial charge in [0.25, 0.3) is 0 Å². The van der Waals surface area contributed by atoms with Gasteiger partial charge in [-0.1, -0.05) is 0 Å². The molecule has 0 atom stereocenters. The molecule has 0 bridgehead atoms. The van der Waals surface area contributed by atoms with Crippen molar-refractivity contribution in [2.24, 2.45) is 5.73 Å². The van der Waals surface area contributed by atoms with E-state index in [1.807, 2.05) is 0 Å². The number of hydrogen-bond donors (Lipinski definition) is 1. The van der Waals surface area contributed by atoms with Crippen LogP contribution in [0.5, 0.6) is 0 Å². The number of nitrogens with zero attached hydrogens (tertiary/aromatic N) is 2. The minimum Gasteiger partial charge on any atom is -0.325 e. The van der Waals surface area contributed by atoms with Crippen molar-refractivity contribution < 1.29 is 17.6 Å². The van der Waals surface area contributed by atoms with Crippen molar-refractivity contribution in [2.75, 3.05) is 6.67 Å². The summed E-state index contributed by atoms with van der Waals surface area (Å²) in [5.74, 6) is 0. The maximum absolute atomic E-state index is 12.1. The third kappa shape index (κ3) is 2.22. The summed E-state index contributed by atoms with van der Waals surface area (Å²) in [6.45, 7) is -1.07. The molecule has 80 valence electrons. The van der Waals surface area contributed by atoms with Crippen molar-refractivity contribution >= 4 is 0 Å². The van der Waals surface area contributed by atoms with E-state index in [1.165, 1.54) is 0 Å². The third-order valence-corrected chi connectivity index (χ3v) is 1.66. The summed E-state index contributed by atoms with van der Waals surface area (Å²) < 4.78 is 49.3. The van der Waals surface area contributed by atoms with Crippen LogP contribution in [-0.4, -0.2) is 16.5 Å². The molecule has 0 saturated carbocycles. The summed E-state index contributed by atoms with van der Waals surface area (Å²) in [4.78, 5) is 0. The lowest BCUT2D eigenvalue weighted by Gasteiger charge is -2.01. The van der Waals surface area contributed by atoms with Crippen molar-refractivity contribution in [3.05, 3.63) is 17.5 Å². The van der Waals surface area contributed by atoms with Crippen LogP contribution in [0, 0.1) is 0 Å². The van der Waals surface area contributed by atoms with Crippen LogP contribution < -0.4 is 5.73 Å². The van der Waals surface area contributed by atoms with E-state index in [1.54, 1.807) is 0 Å². The zero-order valence-electron chi connectivity index (χ0n) is 7.18. The molecule has 1 heterocycles. The molecule has 3 nitrogen and oxygen atoms in total. The van der Waals surface area contributed by atoms with Gasteiger partial charge < -0.3 is 5.73 Å². The number of aromatic nitrogens is 2. The Morgan fingerprint density at radius 1 is 1.43 bits per heavy atom. The Bertz CT molecular complexity index is 304. The van der Waals surface area contributed by atoms with E-state index in [9.17, 15) is 17.6 Å². The highest BCUT2D eigenvalue weighted by molar-refractivity contribution is 5.13. The van der Waals surface area contributed by atoms with Gasteiger partial charge in [0.15, 0.2) is 5.69 Å². The largest absolute Gasteiger partial charge is 0.435 e. The first kappa shape index (κ1) is 11.0. The normalized spacial score (nSPS) is 12.1. The second kappa shape index (κ2) is 3.95. The summed E-state index contributed by atoms with van der Waals surface area (Å²) in [5.41, 5.74) is 4.33. The van der Waals surface area contributed by atoms with Crippen molar-refractivity contribution in [2.45, 2.75) is 19.3 Å². The highest BCUT2D eigenvalue weighted by atomic mass is 19.4. The number of hydrogen-bond acceptors (Lipinski definition) is 2. The van der Waals surface area contributed by atoms with Gasteiger partial charge >= 0.3 is 6.18 Å². The Hall–Kier alpha value is -1.11. The fourth-order valence-electron chi connectivity index (χ4n) is 1.03. The number of aryl methyl sites for hydroxylation is 1. The van der Waals surface area contributed by atoms with Gasteiger partial charge in [0.1, 0.15) is 6.67 Å². The van der Waals surface area contributed by atoms with Crippen molar-refractivity contribution in [1.29, 1.82) is 0 Å². The smallest absolute Gasteiger partial charge is 0.325 e. The fourth-order valence-corrected chi connectivity index (χ4v) is 1.03. The molecular weight excluding hydrogens is 202 g/mol. The number of halogens is 4. The molecule has 0 unspecified atom stereocenters. The van der Waals surface area contributed by atoms with Crippen molar-refractivity contribution in [3.8, 4) is 0 Å². The summed E-state index contributed by atoms with van der Waals surface area (Å²) in [5, 5.41) is 3.21. The first-order chi connectivity index (χ1) is 6.49. The number of rotatable bonds is 3. The van der Waals surface area contributed by atoms with Gasteiger partial charge in [-0.25, -0.2) is 4.39 Å². The summed E-state index contributed by atoms with van der Waals surface area (Å²) in [6, 6.07) is 0.829. The SMILES string of the molecule is NCc1cc(C(F)(F)F)nn1CCF. The average Bonchev–Trinajstić information content (AvgIpc) is 2.47. The Morgan fingerprint density at radius 2 is 2.07 bits per heavy atom. The molecule has 1 aromatic rings. The first-order valence-corrected chi connectivity index (χ1v) is 3.89. The first-order valence-electron chi connectivity index (χ1n) is 3.89.